The standard InChI is InChI=1S/C16H19F3O4/c1-4-15(13(20)22-5-2,14(21)23-6-3)11-8-7-9-12(10-11)16(17,18)19/h7-10H,4-6H2,1-3H3. The second-order valence-electron chi connectivity index (χ2n) is 4.78. The first-order chi connectivity index (χ1) is 10.7. The zero-order valence-corrected chi connectivity index (χ0v) is 13.2. The number of ether oxygens (including phenoxy) is 2. The Morgan fingerprint density at radius 1 is 0.957 bits per heavy atom. The summed E-state index contributed by atoms with van der Waals surface area (Å²) >= 11 is 0. The fraction of sp³-hybridized carbons (Fsp3) is 0.500. The molecule has 0 aliphatic carbocycles. The van der Waals surface area contributed by atoms with Crippen molar-refractivity contribution in [2.24, 2.45) is 0 Å². The minimum absolute atomic E-state index is 0.00104. The van der Waals surface area contributed by atoms with E-state index >= 15 is 0 Å². The van der Waals surface area contributed by atoms with Gasteiger partial charge in [0.15, 0.2) is 5.41 Å². The number of hydrogen-bond acceptors (Lipinski definition) is 4. The first kappa shape index (κ1) is 19.0. The summed E-state index contributed by atoms with van der Waals surface area (Å²) in [5.41, 5.74) is -2.94. The molecule has 0 aliphatic heterocycles. The molecule has 4 nitrogen and oxygen atoms in total. The van der Waals surface area contributed by atoms with Crippen molar-refractivity contribution >= 4 is 11.9 Å². The molecule has 1 aromatic carbocycles. The third-order valence-corrected chi connectivity index (χ3v) is 3.46. The summed E-state index contributed by atoms with van der Waals surface area (Å²) in [7, 11) is 0. The van der Waals surface area contributed by atoms with Gasteiger partial charge in [0, 0.05) is 0 Å². The van der Waals surface area contributed by atoms with Gasteiger partial charge in [-0.1, -0.05) is 25.1 Å². The van der Waals surface area contributed by atoms with Crippen LogP contribution in [0.1, 0.15) is 38.3 Å². The lowest BCUT2D eigenvalue weighted by atomic mass is 9.77. The maximum atomic E-state index is 12.9. The number of alkyl halides is 3. The largest absolute Gasteiger partial charge is 0.465 e. The van der Waals surface area contributed by atoms with Crippen molar-refractivity contribution in [1.29, 1.82) is 0 Å². The van der Waals surface area contributed by atoms with Gasteiger partial charge in [0.2, 0.25) is 0 Å². The molecule has 0 fully saturated rings. The van der Waals surface area contributed by atoms with Gasteiger partial charge in [0.25, 0.3) is 0 Å². The van der Waals surface area contributed by atoms with E-state index in [1.807, 2.05) is 0 Å². The lowest BCUT2D eigenvalue weighted by Gasteiger charge is -2.29. The Morgan fingerprint density at radius 3 is 1.83 bits per heavy atom. The van der Waals surface area contributed by atoms with Crippen LogP contribution >= 0.6 is 0 Å². The lowest BCUT2D eigenvalue weighted by Crippen LogP contribution is -2.46. The number of hydrogen-bond donors (Lipinski definition) is 0. The van der Waals surface area contributed by atoms with Crippen molar-refractivity contribution < 1.29 is 32.2 Å². The van der Waals surface area contributed by atoms with Gasteiger partial charge in [-0.15, -0.1) is 0 Å². The molecule has 0 saturated carbocycles. The number of carbonyl (C=O) groups is 2. The number of benzene rings is 1. The van der Waals surface area contributed by atoms with E-state index in [2.05, 4.69) is 0 Å². The molecule has 0 aliphatic rings. The molecule has 0 heterocycles. The highest BCUT2D eigenvalue weighted by Gasteiger charge is 2.49. The van der Waals surface area contributed by atoms with Crippen molar-refractivity contribution in [3.8, 4) is 0 Å². The molecule has 0 aromatic heterocycles. The van der Waals surface area contributed by atoms with Crippen LogP contribution in [0.5, 0.6) is 0 Å². The van der Waals surface area contributed by atoms with Crippen LogP contribution < -0.4 is 0 Å². The van der Waals surface area contributed by atoms with E-state index < -0.39 is 29.1 Å². The van der Waals surface area contributed by atoms with Gasteiger partial charge < -0.3 is 9.47 Å². The predicted molar refractivity (Wildman–Crippen MR) is 76.7 cm³/mol. The molecule has 0 atom stereocenters. The maximum absolute atomic E-state index is 12.9. The minimum atomic E-state index is -4.58. The molecule has 0 spiro atoms. The van der Waals surface area contributed by atoms with Gasteiger partial charge in [0.05, 0.1) is 18.8 Å². The topological polar surface area (TPSA) is 52.6 Å². The van der Waals surface area contributed by atoms with E-state index in [0.29, 0.717) is 0 Å². The summed E-state index contributed by atoms with van der Waals surface area (Å²) in [6, 6.07) is 4.12. The quantitative estimate of drug-likeness (QED) is 0.591. The zero-order chi connectivity index (χ0) is 17.7. The fourth-order valence-corrected chi connectivity index (χ4v) is 2.28. The van der Waals surface area contributed by atoms with Crippen LogP contribution in [0.25, 0.3) is 0 Å². The van der Waals surface area contributed by atoms with Crippen molar-refractivity contribution in [2.45, 2.75) is 38.8 Å². The number of carbonyl (C=O) groups excluding carboxylic acids is 2. The van der Waals surface area contributed by atoms with Crippen molar-refractivity contribution in [3.63, 3.8) is 0 Å². The first-order valence-electron chi connectivity index (χ1n) is 7.26. The molecule has 1 rings (SSSR count). The molecule has 0 saturated heterocycles. The van der Waals surface area contributed by atoms with Crippen molar-refractivity contribution in [2.75, 3.05) is 13.2 Å². The Morgan fingerprint density at radius 2 is 1.43 bits per heavy atom. The van der Waals surface area contributed by atoms with Gasteiger partial charge in [-0.25, -0.2) is 0 Å². The maximum Gasteiger partial charge on any atom is 0.416 e. The second-order valence-corrected chi connectivity index (χ2v) is 4.78. The highest BCUT2D eigenvalue weighted by Crippen LogP contribution is 2.36. The van der Waals surface area contributed by atoms with E-state index in [4.69, 9.17) is 9.47 Å². The van der Waals surface area contributed by atoms with Crippen molar-refractivity contribution in [3.05, 3.63) is 35.4 Å². The summed E-state index contributed by atoms with van der Waals surface area (Å²) < 4.78 is 48.6. The van der Waals surface area contributed by atoms with E-state index in [0.717, 1.165) is 18.2 Å². The third-order valence-electron chi connectivity index (χ3n) is 3.46. The minimum Gasteiger partial charge on any atom is -0.465 e. The van der Waals surface area contributed by atoms with Crippen LogP contribution in [0.4, 0.5) is 13.2 Å². The number of halogens is 3. The Balaban J connectivity index is 3.51. The molecule has 7 heteroatoms. The van der Waals surface area contributed by atoms with Crippen LogP contribution in [0.3, 0.4) is 0 Å². The molecule has 0 radical (unpaired) electrons. The third kappa shape index (κ3) is 3.83. The van der Waals surface area contributed by atoms with Crippen LogP contribution in [0, 0.1) is 0 Å². The Labute approximate surface area is 132 Å². The summed E-state index contributed by atoms with van der Waals surface area (Å²) in [6.07, 6.45) is -4.66. The molecule has 0 amide bonds. The average Bonchev–Trinajstić information content (AvgIpc) is 2.48. The first-order valence-corrected chi connectivity index (χ1v) is 7.26. The molecule has 128 valence electrons. The SMILES string of the molecule is CCOC(=O)C(CC)(C(=O)OCC)c1cccc(C(F)(F)F)c1. The van der Waals surface area contributed by atoms with E-state index in [9.17, 15) is 22.8 Å². The van der Waals surface area contributed by atoms with Gasteiger partial charge in [-0.05, 0) is 31.9 Å². The second kappa shape index (κ2) is 7.48. The average molecular weight is 332 g/mol. The smallest absolute Gasteiger partial charge is 0.416 e. The highest BCUT2D eigenvalue weighted by atomic mass is 19.4. The van der Waals surface area contributed by atoms with Gasteiger partial charge in [0.1, 0.15) is 0 Å². The lowest BCUT2D eigenvalue weighted by molar-refractivity contribution is -0.165. The van der Waals surface area contributed by atoms with E-state index in [1.54, 1.807) is 13.8 Å². The normalized spacial score (nSPS) is 11.9. The van der Waals surface area contributed by atoms with Gasteiger partial charge >= 0.3 is 18.1 Å². The summed E-state index contributed by atoms with van der Waals surface area (Å²) in [4.78, 5) is 24.7. The molecular weight excluding hydrogens is 313 g/mol. The number of esters is 2. The van der Waals surface area contributed by atoms with E-state index in [-0.39, 0.29) is 25.2 Å². The zero-order valence-electron chi connectivity index (χ0n) is 13.2. The summed E-state index contributed by atoms with van der Waals surface area (Å²) in [5.74, 6) is -1.83. The van der Waals surface area contributed by atoms with Crippen molar-refractivity contribution in [1.82, 2.24) is 0 Å². The van der Waals surface area contributed by atoms with E-state index in [1.165, 1.54) is 13.0 Å². The fourth-order valence-electron chi connectivity index (χ4n) is 2.28. The monoisotopic (exact) mass is 332 g/mol. The molecule has 0 bridgehead atoms. The highest BCUT2D eigenvalue weighted by molar-refractivity contribution is 6.06. The molecule has 0 unspecified atom stereocenters. The predicted octanol–water partition coefficient (Wildman–Crippen LogP) is 3.48. The van der Waals surface area contributed by atoms with Crippen LogP contribution in [0.15, 0.2) is 24.3 Å². The van der Waals surface area contributed by atoms with Gasteiger partial charge in [-0.3, -0.25) is 9.59 Å². The molecule has 0 N–H and O–H groups in total. The van der Waals surface area contributed by atoms with Crippen LogP contribution in [0.2, 0.25) is 0 Å². The Hall–Kier alpha value is -2.05. The van der Waals surface area contributed by atoms with Gasteiger partial charge in [-0.2, -0.15) is 13.2 Å². The van der Waals surface area contributed by atoms with Crippen LogP contribution in [-0.4, -0.2) is 25.2 Å². The van der Waals surface area contributed by atoms with Crippen LogP contribution in [-0.2, 0) is 30.7 Å². The Bertz CT molecular complexity index is 549. The molecule has 23 heavy (non-hydrogen) atoms. The molecular formula is C16H19F3O4. The Kier molecular flexibility index (Phi) is 6.18. The molecule has 1 aromatic rings. The summed E-state index contributed by atoms with van der Waals surface area (Å²) in [6.45, 7) is 4.62. The number of rotatable bonds is 6. The summed E-state index contributed by atoms with van der Waals surface area (Å²) in [5, 5.41) is 0.